The molecule has 1 aromatic carbocycles. The van der Waals surface area contributed by atoms with Crippen molar-refractivity contribution < 1.29 is 4.39 Å². The Hall–Kier alpha value is -3.55. The third kappa shape index (κ3) is 2.92. The first kappa shape index (κ1) is 16.6. The van der Waals surface area contributed by atoms with Gasteiger partial charge in [0.2, 0.25) is 0 Å². The van der Waals surface area contributed by atoms with Crippen LogP contribution in [0.25, 0.3) is 22.4 Å². The SMILES string of the molecule is Fc1ccccc1N1CCN(c2ncnc3ccc(-c4ccn[nH]4)nc23)CC1. The predicted octanol–water partition coefficient (Wildman–Crippen LogP) is 2.88. The number of H-pyrrole nitrogens is 1. The predicted molar refractivity (Wildman–Crippen MR) is 106 cm³/mol. The molecule has 140 valence electrons. The lowest BCUT2D eigenvalue weighted by molar-refractivity contribution is 0.596. The first-order valence-corrected chi connectivity index (χ1v) is 9.15. The van der Waals surface area contributed by atoms with Gasteiger partial charge in [-0.15, -0.1) is 0 Å². The summed E-state index contributed by atoms with van der Waals surface area (Å²) in [6.07, 6.45) is 3.27. The topological polar surface area (TPSA) is 73.8 Å². The quantitative estimate of drug-likeness (QED) is 0.594. The van der Waals surface area contributed by atoms with E-state index in [4.69, 9.17) is 4.98 Å². The van der Waals surface area contributed by atoms with Crippen molar-refractivity contribution in [2.75, 3.05) is 36.0 Å². The van der Waals surface area contributed by atoms with E-state index in [-0.39, 0.29) is 5.82 Å². The van der Waals surface area contributed by atoms with Crippen LogP contribution in [0.15, 0.2) is 55.0 Å². The van der Waals surface area contributed by atoms with Gasteiger partial charge < -0.3 is 9.80 Å². The molecule has 1 fully saturated rings. The average molecular weight is 375 g/mol. The summed E-state index contributed by atoms with van der Waals surface area (Å²) in [5.41, 5.74) is 3.85. The van der Waals surface area contributed by atoms with Gasteiger partial charge in [0.1, 0.15) is 17.7 Å². The average Bonchev–Trinajstić information content (AvgIpc) is 3.28. The summed E-state index contributed by atoms with van der Waals surface area (Å²) in [5, 5.41) is 6.93. The van der Waals surface area contributed by atoms with Crippen molar-refractivity contribution in [1.29, 1.82) is 0 Å². The third-order valence-electron chi connectivity index (χ3n) is 5.01. The van der Waals surface area contributed by atoms with E-state index in [1.54, 1.807) is 18.6 Å². The summed E-state index contributed by atoms with van der Waals surface area (Å²) < 4.78 is 14.1. The van der Waals surface area contributed by atoms with Gasteiger partial charge in [-0.3, -0.25) is 5.10 Å². The van der Waals surface area contributed by atoms with Crippen LogP contribution in [0.5, 0.6) is 0 Å². The largest absolute Gasteiger partial charge is 0.366 e. The number of pyridine rings is 1. The second-order valence-corrected chi connectivity index (χ2v) is 6.66. The van der Waals surface area contributed by atoms with Gasteiger partial charge in [-0.25, -0.2) is 19.3 Å². The lowest BCUT2D eigenvalue weighted by atomic mass is 10.2. The molecule has 0 saturated carbocycles. The Morgan fingerprint density at radius 1 is 0.893 bits per heavy atom. The summed E-state index contributed by atoms with van der Waals surface area (Å²) in [6.45, 7) is 2.90. The van der Waals surface area contributed by atoms with Crippen molar-refractivity contribution in [3.05, 3.63) is 60.8 Å². The van der Waals surface area contributed by atoms with Gasteiger partial charge in [-0.2, -0.15) is 5.10 Å². The van der Waals surface area contributed by atoms with Crippen LogP contribution in [0.4, 0.5) is 15.9 Å². The number of anilines is 2. The van der Waals surface area contributed by atoms with Crippen LogP contribution in [0.3, 0.4) is 0 Å². The number of benzene rings is 1. The molecule has 4 aromatic rings. The summed E-state index contributed by atoms with van der Waals surface area (Å²) >= 11 is 0. The molecule has 3 aromatic heterocycles. The molecular weight excluding hydrogens is 357 g/mol. The Bertz CT molecular complexity index is 1100. The molecule has 0 aliphatic carbocycles. The fourth-order valence-electron chi connectivity index (χ4n) is 3.57. The first-order valence-electron chi connectivity index (χ1n) is 9.15. The van der Waals surface area contributed by atoms with E-state index in [2.05, 4.69) is 30.0 Å². The minimum atomic E-state index is -0.186. The van der Waals surface area contributed by atoms with Crippen LogP contribution in [0.1, 0.15) is 0 Å². The highest BCUT2D eigenvalue weighted by Crippen LogP contribution is 2.27. The van der Waals surface area contributed by atoms with E-state index in [9.17, 15) is 4.39 Å². The molecule has 0 amide bonds. The third-order valence-corrected chi connectivity index (χ3v) is 5.01. The summed E-state index contributed by atoms with van der Waals surface area (Å²) in [5.74, 6) is 0.619. The fourth-order valence-corrected chi connectivity index (χ4v) is 3.57. The van der Waals surface area contributed by atoms with Crippen molar-refractivity contribution in [2.45, 2.75) is 0 Å². The maximum Gasteiger partial charge on any atom is 0.158 e. The van der Waals surface area contributed by atoms with Crippen molar-refractivity contribution in [1.82, 2.24) is 25.1 Å². The van der Waals surface area contributed by atoms with E-state index in [1.165, 1.54) is 6.07 Å². The van der Waals surface area contributed by atoms with E-state index < -0.39 is 0 Å². The fraction of sp³-hybridized carbons (Fsp3) is 0.200. The minimum absolute atomic E-state index is 0.186. The van der Waals surface area contributed by atoms with Crippen LogP contribution in [-0.2, 0) is 0 Å². The molecule has 1 N–H and O–H groups in total. The first-order chi connectivity index (χ1) is 13.8. The van der Waals surface area contributed by atoms with Gasteiger partial charge in [0.05, 0.1) is 22.6 Å². The number of aromatic amines is 1. The zero-order chi connectivity index (χ0) is 18.9. The standard InChI is InChI=1S/C20H18FN7/c21-14-3-1-2-4-18(14)27-9-11-28(12-10-27)20-19-17(22-13-23-20)6-5-15(25-19)16-7-8-24-26-16/h1-8,13H,9-12H2,(H,24,26). The molecule has 0 unspecified atom stereocenters. The highest BCUT2D eigenvalue weighted by molar-refractivity contribution is 5.87. The van der Waals surface area contributed by atoms with Crippen LogP contribution in [0, 0.1) is 5.82 Å². The van der Waals surface area contributed by atoms with Gasteiger partial charge in [-0.1, -0.05) is 12.1 Å². The number of para-hydroxylation sites is 1. The second-order valence-electron chi connectivity index (χ2n) is 6.66. The van der Waals surface area contributed by atoms with Crippen LogP contribution in [0.2, 0.25) is 0 Å². The molecule has 0 spiro atoms. The molecule has 0 bridgehead atoms. The van der Waals surface area contributed by atoms with Gasteiger partial charge in [0.15, 0.2) is 5.82 Å². The van der Waals surface area contributed by atoms with E-state index in [0.717, 1.165) is 41.3 Å². The Labute approximate surface area is 160 Å². The lowest BCUT2D eigenvalue weighted by Crippen LogP contribution is -2.47. The molecule has 8 heteroatoms. The van der Waals surface area contributed by atoms with E-state index in [0.29, 0.717) is 18.8 Å². The monoisotopic (exact) mass is 375 g/mol. The Morgan fingerprint density at radius 2 is 1.71 bits per heavy atom. The van der Waals surface area contributed by atoms with Crippen LogP contribution < -0.4 is 9.80 Å². The van der Waals surface area contributed by atoms with E-state index in [1.807, 2.05) is 30.3 Å². The summed E-state index contributed by atoms with van der Waals surface area (Å²) in [4.78, 5) is 17.9. The molecule has 1 aliphatic rings. The number of aromatic nitrogens is 5. The van der Waals surface area contributed by atoms with Crippen molar-refractivity contribution in [3.8, 4) is 11.4 Å². The molecular formula is C20H18FN7. The molecule has 0 radical (unpaired) electrons. The molecule has 1 saturated heterocycles. The van der Waals surface area contributed by atoms with Crippen molar-refractivity contribution >= 4 is 22.5 Å². The summed E-state index contributed by atoms with van der Waals surface area (Å²) in [7, 11) is 0. The number of fused-ring (bicyclic) bond motifs is 1. The van der Waals surface area contributed by atoms with Crippen molar-refractivity contribution in [3.63, 3.8) is 0 Å². The number of hydrogen-bond acceptors (Lipinski definition) is 6. The highest BCUT2D eigenvalue weighted by atomic mass is 19.1. The zero-order valence-electron chi connectivity index (χ0n) is 15.1. The molecule has 4 heterocycles. The highest BCUT2D eigenvalue weighted by Gasteiger charge is 2.22. The molecule has 7 nitrogen and oxygen atoms in total. The Morgan fingerprint density at radius 3 is 2.50 bits per heavy atom. The van der Waals surface area contributed by atoms with Gasteiger partial charge in [-0.05, 0) is 30.3 Å². The Kier molecular flexibility index (Phi) is 4.08. The number of rotatable bonds is 3. The molecule has 0 atom stereocenters. The van der Waals surface area contributed by atoms with Gasteiger partial charge in [0, 0.05) is 32.4 Å². The number of hydrogen-bond donors (Lipinski definition) is 1. The van der Waals surface area contributed by atoms with Crippen LogP contribution >= 0.6 is 0 Å². The maximum absolute atomic E-state index is 14.1. The lowest BCUT2D eigenvalue weighted by Gasteiger charge is -2.36. The number of nitrogens with zero attached hydrogens (tertiary/aromatic N) is 6. The molecule has 1 aliphatic heterocycles. The van der Waals surface area contributed by atoms with Crippen molar-refractivity contribution in [2.24, 2.45) is 0 Å². The Balaban J connectivity index is 1.44. The minimum Gasteiger partial charge on any atom is -0.366 e. The molecule has 5 rings (SSSR count). The normalized spacial score (nSPS) is 14.6. The van der Waals surface area contributed by atoms with Crippen LogP contribution in [-0.4, -0.2) is 51.3 Å². The molecule has 28 heavy (non-hydrogen) atoms. The number of nitrogens with one attached hydrogen (secondary N) is 1. The number of halogens is 1. The van der Waals surface area contributed by atoms with Gasteiger partial charge in [0.25, 0.3) is 0 Å². The smallest absolute Gasteiger partial charge is 0.158 e. The van der Waals surface area contributed by atoms with Gasteiger partial charge >= 0.3 is 0 Å². The second kappa shape index (κ2) is 6.88. The number of piperazine rings is 1. The summed E-state index contributed by atoms with van der Waals surface area (Å²) in [6, 6.07) is 12.6. The maximum atomic E-state index is 14.1. The zero-order valence-corrected chi connectivity index (χ0v) is 15.1. The van der Waals surface area contributed by atoms with E-state index >= 15 is 0 Å².